The van der Waals surface area contributed by atoms with E-state index >= 15 is 0 Å². The fourth-order valence-corrected chi connectivity index (χ4v) is 2.40. The molecule has 22 heavy (non-hydrogen) atoms. The molecule has 0 spiro atoms. The van der Waals surface area contributed by atoms with Crippen molar-refractivity contribution in [2.24, 2.45) is 5.14 Å². The maximum atomic E-state index is 11.9. The highest BCUT2D eigenvalue weighted by molar-refractivity contribution is 7.89. The molecular formula is C15H17N3O3S. The second-order valence-electron chi connectivity index (χ2n) is 4.84. The van der Waals surface area contributed by atoms with Crippen LogP contribution in [0.5, 0.6) is 0 Å². The summed E-state index contributed by atoms with van der Waals surface area (Å²) in [5.74, 6) is -0.0406. The van der Waals surface area contributed by atoms with Crippen molar-refractivity contribution in [1.29, 1.82) is 0 Å². The first-order valence-electron chi connectivity index (χ1n) is 6.57. The van der Waals surface area contributed by atoms with Crippen LogP contribution in [-0.2, 0) is 16.6 Å². The van der Waals surface area contributed by atoms with Crippen molar-refractivity contribution < 1.29 is 13.2 Å². The van der Waals surface area contributed by atoms with Crippen molar-refractivity contribution in [1.82, 2.24) is 5.32 Å². The largest absolute Gasteiger partial charge is 0.399 e. The quantitative estimate of drug-likeness (QED) is 0.540. The van der Waals surface area contributed by atoms with Gasteiger partial charge in [0.1, 0.15) is 0 Å². The molecule has 0 bridgehead atoms. The Morgan fingerprint density at radius 1 is 1.00 bits per heavy atom. The van der Waals surface area contributed by atoms with Crippen LogP contribution in [-0.4, -0.2) is 20.7 Å². The molecule has 116 valence electrons. The zero-order valence-electron chi connectivity index (χ0n) is 11.8. The van der Waals surface area contributed by atoms with E-state index < -0.39 is 10.0 Å². The number of benzene rings is 2. The number of carbonyl (C=O) groups is 1. The number of Topliss-reactive ketones (excluding diaryl/α,β-unsaturated/α-hetero) is 1. The number of ketones is 1. The molecule has 0 heterocycles. The van der Waals surface area contributed by atoms with E-state index in [-0.39, 0.29) is 17.2 Å². The van der Waals surface area contributed by atoms with Gasteiger partial charge in [0.05, 0.1) is 11.4 Å². The number of carbonyl (C=O) groups excluding carboxylic acids is 1. The molecule has 2 rings (SSSR count). The molecule has 0 atom stereocenters. The number of hydrogen-bond donors (Lipinski definition) is 3. The molecule has 0 amide bonds. The Kier molecular flexibility index (Phi) is 4.92. The van der Waals surface area contributed by atoms with Crippen LogP contribution in [0.1, 0.15) is 15.9 Å². The van der Waals surface area contributed by atoms with Gasteiger partial charge in [0.15, 0.2) is 5.78 Å². The number of rotatable bonds is 6. The summed E-state index contributed by atoms with van der Waals surface area (Å²) in [6, 6.07) is 12.9. The number of sulfonamides is 1. The molecule has 0 aliphatic carbocycles. The van der Waals surface area contributed by atoms with Gasteiger partial charge in [-0.25, -0.2) is 13.6 Å². The standard InChI is InChI=1S/C15H17N3O3S/c16-13-5-3-12(4-6-13)15(19)10-18-9-11-1-7-14(8-2-11)22(17,20)21/h1-8,18H,9-10,16H2,(H2,17,20,21). The Balaban J connectivity index is 1.88. The zero-order chi connectivity index (χ0) is 16.2. The monoisotopic (exact) mass is 319 g/mol. The molecule has 7 heteroatoms. The second kappa shape index (κ2) is 6.69. The van der Waals surface area contributed by atoms with Crippen LogP contribution in [0.4, 0.5) is 5.69 Å². The first kappa shape index (κ1) is 16.2. The minimum atomic E-state index is -3.68. The first-order chi connectivity index (χ1) is 10.4. The summed E-state index contributed by atoms with van der Waals surface area (Å²) in [7, 11) is -3.68. The van der Waals surface area contributed by atoms with E-state index in [9.17, 15) is 13.2 Å². The van der Waals surface area contributed by atoms with Gasteiger partial charge in [-0.2, -0.15) is 0 Å². The van der Waals surface area contributed by atoms with Gasteiger partial charge in [0.2, 0.25) is 10.0 Å². The maximum absolute atomic E-state index is 11.9. The predicted molar refractivity (Wildman–Crippen MR) is 84.7 cm³/mol. The third-order valence-electron chi connectivity index (χ3n) is 3.10. The van der Waals surface area contributed by atoms with Crippen LogP contribution >= 0.6 is 0 Å². The molecule has 0 fully saturated rings. The molecule has 2 aromatic rings. The van der Waals surface area contributed by atoms with Crippen molar-refractivity contribution in [3.63, 3.8) is 0 Å². The molecule has 2 aromatic carbocycles. The molecule has 0 radical (unpaired) electrons. The molecule has 0 saturated carbocycles. The molecule has 0 aromatic heterocycles. The van der Waals surface area contributed by atoms with Crippen LogP contribution in [0.2, 0.25) is 0 Å². The smallest absolute Gasteiger partial charge is 0.238 e. The predicted octanol–water partition coefficient (Wildman–Crippen LogP) is 0.889. The van der Waals surface area contributed by atoms with E-state index in [1.54, 1.807) is 36.4 Å². The van der Waals surface area contributed by atoms with Gasteiger partial charge in [-0.1, -0.05) is 12.1 Å². The first-order valence-corrected chi connectivity index (χ1v) is 8.12. The highest BCUT2D eigenvalue weighted by Crippen LogP contribution is 2.09. The second-order valence-corrected chi connectivity index (χ2v) is 6.40. The summed E-state index contributed by atoms with van der Waals surface area (Å²) in [5, 5.41) is 8.04. The topological polar surface area (TPSA) is 115 Å². The Labute approximate surface area is 129 Å². The molecular weight excluding hydrogens is 302 g/mol. The van der Waals surface area contributed by atoms with Crippen molar-refractivity contribution in [3.05, 3.63) is 59.7 Å². The fraction of sp³-hybridized carbons (Fsp3) is 0.133. The van der Waals surface area contributed by atoms with Gasteiger partial charge < -0.3 is 11.1 Å². The molecule has 6 nitrogen and oxygen atoms in total. The van der Waals surface area contributed by atoms with Crippen LogP contribution in [0, 0.1) is 0 Å². The Hall–Kier alpha value is -2.22. The highest BCUT2D eigenvalue weighted by atomic mass is 32.2. The van der Waals surface area contributed by atoms with E-state index in [4.69, 9.17) is 10.9 Å². The summed E-state index contributed by atoms with van der Waals surface area (Å²) in [5.41, 5.74) is 7.63. The van der Waals surface area contributed by atoms with Gasteiger partial charge >= 0.3 is 0 Å². The normalized spacial score (nSPS) is 11.3. The third-order valence-corrected chi connectivity index (χ3v) is 4.03. The van der Waals surface area contributed by atoms with Crippen molar-refractivity contribution in [2.45, 2.75) is 11.4 Å². The number of nitrogens with two attached hydrogens (primary N) is 2. The summed E-state index contributed by atoms with van der Waals surface area (Å²) in [4.78, 5) is 12.0. The van der Waals surface area contributed by atoms with Gasteiger partial charge in [-0.15, -0.1) is 0 Å². The SMILES string of the molecule is Nc1ccc(C(=O)CNCc2ccc(S(N)(=O)=O)cc2)cc1. The van der Waals surface area contributed by atoms with E-state index in [0.717, 1.165) is 5.56 Å². The van der Waals surface area contributed by atoms with E-state index in [1.807, 2.05) is 0 Å². The summed E-state index contributed by atoms with van der Waals surface area (Å²) >= 11 is 0. The van der Waals surface area contributed by atoms with Gasteiger partial charge in [0.25, 0.3) is 0 Å². The Morgan fingerprint density at radius 2 is 1.59 bits per heavy atom. The van der Waals surface area contributed by atoms with Gasteiger partial charge in [-0.05, 0) is 42.0 Å². The summed E-state index contributed by atoms with van der Waals surface area (Å²) in [6.45, 7) is 0.631. The molecule has 0 aliphatic rings. The molecule has 0 unspecified atom stereocenters. The number of primary sulfonamides is 1. The maximum Gasteiger partial charge on any atom is 0.238 e. The molecule has 0 aliphatic heterocycles. The lowest BCUT2D eigenvalue weighted by atomic mass is 10.1. The van der Waals surface area contributed by atoms with Gasteiger partial charge in [0, 0.05) is 17.8 Å². The minimum absolute atomic E-state index is 0.0406. The van der Waals surface area contributed by atoms with Crippen LogP contribution in [0.25, 0.3) is 0 Å². The van der Waals surface area contributed by atoms with Crippen molar-refractivity contribution in [2.75, 3.05) is 12.3 Å². The number of nitrogen functional groups attached to an aromatic ring is 1. The lowest BCUT2D eigenvalue weighted by molar-refractivity contribution is 0.0991. The minimum Gasteiger partial charge on any atom is -0.399 e. The summed E-state index contributed by atoms with van der Waals surface area (Å²) < 4.78 is 22.3. The third kappa shape index (κ3) is 4.39. The van der Waals surface area contributed by atoms with Crippen LogP contribution < -0.4 is 16.2 Å². The van der Waals surface area contributed by atoms with Crippen molar-refractivity contribution >= 4 is 21.5 Å². The lowest BCUT2D eigenvalue weighted by Gasteiger charge is -2.06. The van der Waals surface area contributed by atoms with Crippen molar-refractivity contribution in [3.8, 4) is 0 Å². The van der Waals surface area contributed by atoms with E-state index in [0.29, 0.717) is 17.8 Å². The Bertz CT molecular complexity index is 754. The summed E-state index contributed by atoms with van der Waals surface area (Å²) in [6.07, 6.45) is 0. The number of hydrogen-bond acceptors (Lipinski definition) is 5. The average Bonchev–Trinajstić information content (AvgIpc) is 2.47. The van der Waals surface area contributed by atoms with E-state index in [2.05, 4.69) is 5.32 Å². The molecule has 0 saturated heterocycles. The van der Waals surface area contributed by atoms with Gasteiger partial charge in [-0.3, -0.25) is 4.79 Å². The average molecular weight is 319 g/mol. The molecule has 5 N–H and O–H groups in total. The number of anilines is 1. The van der Waals surface area contributed by atoms with E-state index in [1.165, 1.54) is 12.1 Å². The highest BCUT2D eigenvalue weighted by Gasteiger charge is 2.07. The lowest BCUT2D eigenvalue weighted by Crippen LogP contribution is -2.22. The Morgan fingerprint density at radius 3 is 2.14 bits per heavy atom. The fourth-order valence-electron chi connectivity index (χ4n) is 1.89. The van der Waals surface area contributed by atoms with Crippen LogP contribution in [0.15, 0.2) is 53.4 Å². The van der Waals surface area contributed by atoms with Crippen LogP contribution in [0.3, 0.4) is 0 Å². The zero-order valence-corrected chi connectivity index (χ0v) is 12.6. The number of nitrogens with one attached hydrogen (secondary N) is 1.